The fourth-order valence-corrected chi connectivity index (χ4v) is 1.72. The molecule has 0 aromatic heterocycles. The summed E-state index contributed by atoms with van der Waals surface area (Å²) in [6, 6.07) is -0.122. The monoisotopic (exact) mass is 243 g/mol. The van der Waals surface area contributed by atoms with E-state index in [0.717, 1.165) is 0 Å². The maximum atomic E-state index is 11.9. The molecule has 4 nitrogen and oxygen atoms in total. The summed E-state index contributed by atoms with van der Waals surface area (Å²) in [6.07, 6.45) is 0. The number of hydrogen-bond acceptors (Lipinski definition) is 3. The Morgan fingerprint density at radius 3 is 2.06 bits per heavy atom. The summed E-state index contributed by atoms with van der Waals surface area (Å²) < 4.78 is 0. The van der Waals surface area contributed by atoms with Crippen LogP contribution in [0.15, 0.2) is 0 Å². The van der Waals surface area contributed by atoms with E-state index < -0.39 is 6.04 Å². The maximum Gasteiger partial charge on any atom is 0.237 e. The highest BCUT2D eigenvalue weighted by atomic mass is 16.2. The number of nitrogens with two attached hydrogens (primary N) is 1. The van der Waals surface area contributed by atoms with Crippen molar-refractivity contribution in [2.75, 3.05) is 20.6 Å². The minimum atomic E-state index is -0.461. The first-order valence-corrected chi connectivity index (χ1v) is 6.27. The highest BCUT2D eigenvalue weighted by Crippen LogP contribution is 2.17. The van der Waals surface area contributed by atoms with Gasteiger partial charge in [-0.3, -0.25) is 4.79 Å². The lowest BCUT2D eigenvalue weighted by molar-refractivity contribution is -0.124. The Bertz CT molecular complexity index is 236. The largest absolute Gasteiger partial charge is 0.353 e. The second kappa shape index (κ2) is 6.36. The lowest BCUT2D eigenvalue weighted by Gasteiger charge is -2.30. The summed E-state index contributed by atoms with van der Waals surface area (Å²) in [5.41, 5.74) is 5.71. The number of hydrogen-bond donors (Lipinski definition) is 2. The van der Waals surface area contributed by atoms with Crippen molar-refractivity contribution in [3.05, 3.63) is 0 Å². The molecule has 0 spiro atoms. The molecule has 1 amide bonds. The number of amides is 1. The van der Waals surface area contributed by atoms with E-state index >= 15 is 0 Å². The van der Waals surface area contributed by atoms with E-state index in [0.29, 0.717) is 18.5 Å². The minimum absolute atomic E-state index is 0.0648. The Kier molecular flexibility index (Phi) is 6.13. The molecule has 0 aromatic carbocycles. The smallest absolute Gasteiger partial charge is 0.237 e. The van der Waals surface area contributed by atoms with Gasteiger partial charge in [0.2, 0.25) is 5.91 Å². The summed E-state index contributed by atoms with van der Waals surface area (Å²) in [5.74, 6) is 0.432. The molecule has 0 saturated heterocycles. The van der Waals surface area contributed by atoms with E-state index in [4.69, 9.17) is 5.73 Å². The molecule has 0 aromatic rings. The molecule has 0 heterocycles. The minimum Gasteiger partial charge on any atom is -0.353 e. The lowest BCUT2D eigenvalue weighted by atomic mass is 9.87. The summed E-state index contributed by atoms with van der Waals surface area (Å²) in [7, 11) is 4.06. The van der Waals surface area contributed by atoms with Gasteiger partial charge in [-0.2, -0.15) is 0 Å². The zero-order valence-electron chi connectivity index (χ0n) is 12.4. The van der Waals surface area contributed by atoms with E-state index in [1.54, 1.807) is 0 Å². The van der Waals surface area contributed by atoms with Crippen LogP contribution in [0.4, 0.5) is 0 Å². The van der Waals surface area contributed by atoms with Crippen LogP contribution in [0.1, 0.15) is 34.6 Å². The first-order valence-electron chi connectivity index (χ1n) is 6.27. The SMILES string of the molecule is CC(C)C(CNC(=O)[C@H](N)C(C)(C)C)N(C)C. The number of carbonyl (C=O) groups excluding carboxylic acids is 1. The summed E-state index contributed by atoms with van der Waals surface area (Å²) in [4.78, 5) is 14.0. The van der Waals surface area contributed by atoms with Gasteiger partial charge in [0.05, 0.1) is 6.04 Å². The molecule has 0 aliphatic heterocycles. The molecule has 0 radical (unpaired) electrons. The predicted molar refractivity (Wildman–Crippen MR) is 72.8 cm³/mol. The molecule has 0 fully saturated rings. The van der Waals surface area contributed by atoms with Crippen LogP contribution in [0.2, 0.25) is 0 Å². The van der Waals surface area contributed by atoms with Gasteiger partial charge in [0, 0.05) is 12.6 Å². The van der Waals surface area contributed by atoms with Crippen molar-refractivity contribution in [2.45, 2.75) is 46.7 Å². The van der Waals surface area contributed by atoms with Gasteiger partial charge >= 0.3 is 0 Å². The Balaban J connectivity index is 4.32. The van der Waals surface area contributed by atoms with Crippen LogP contribution in [-0.4, -0.2) is 43.5 Å². The van der Waals surface area contributed by atoms with Crippen molar-refractivity contribution in [1.29, 1.82) is 0 Å². The first-order chi connectivity index (χ1) is 7.57. The van der Waals surface area contributed by atoms with Gasteiger partial charge in [-0.15, -0.1) is 0 Å². The van der Waals surface area contributed by atoms with Gasteiger partial charge < -0.3 is 16.0 Å². The van der Waals surface area contributed by atoms with E-state index in [9.17, 15) is 4.79 Å². The van der Waals surface area contributed by atoms with Crippen molar-refractivity contribution < 1.29 is 4.79 Å². The third kappa shape index (κ3) is 5.50. The molecule has 0 saturated carbocycles. The molecule has 102 valence electrons. The van der Waals surface area contributed by atoms with Gasteiger partial charge in [-0.1, -0.05) is 34.6 Å². The highest BCUT2D eigenvalue weighted by Gasteiger charge is 2.28. The van der Waals surface area contributed by atoms with Gasteiger partial charge in [0.15, 0.2) is 0 Å². The first kappa shape index (κ1) is 16.4. The molecule has 3 N–H and O–H groups in total. The van der Waals surface area contributed by atoms with Crippen LogP contribution in [0.5, 0.6) is 0 Å². The standard InChI is InChI=1S/C13H29N3O/c1-9(2)10(16(6)7)8-15-12(17)11(14)13(3,4)5/h9-11H,8,14H2,1-7H3,(H,15,17)/t10?,11-/m0/s1. The fourth-order valence-electron chi connectivity index (χ4n) is 1.72. The Labute approximate surface area is 106 Å². The van der Waals surface area contributed by atoms with Crippen LogP contribution in [0, 0.1) is 11.3 Å². The summed E-state index contributed by atoms with van der Waals surface area (Å²) in [6.45, 7) is 10.9. The van der Waals surface area contributed by atoms with Crippen LogP contribution < -0.4 is 11.1 Å². The van der Waals surface area contributed by atoms with Crippen LogP contribution in [0.25, 0.3) is 0 Å². The molecular weight excluding hydrogens is 214 g/mol. The topological polar surface area (TPSA) is 58.4 Å². The molecular formula is C13H29N3O. The molecule has 0 rings (SSSR count). The number of nitrogens with one attached hydrogen (secondary N) is 1. The average molecular weight is 243 g/mol. The molecule has 0 bridgehead atoms. The normalized spacial score (nSPS) is 16.1. The predicted octanol–water partition coefficient (Wildman–Crippen LogP) is 1.06. The zero-order valence-corrected chi connectivity index (χ0v) is 12.4. The third-order valence-electron chi connectivity index (χ3n) is 3.13. The number of rotatable bonds is 5. The Morgan fingerprint density at radius 1 is 1.29 bits per heavy atom. The molecule has 4 heteroatoms. The van der Waals surface area contributed by atoms with E-state index in [-0.39, 0.29) is 11.3 Å². The second-order valence-corrected chi connectivity index (χ2v) is 6.36. The summed E-state index contributed by atoms with van der Waals surface area (Å²) >= 11 is 0. The quantitative estimate of drug-likeness (QED) is 0.759. The van der Waals surface area contributed by atoms with Gasteiger partial charge in [0.25, 0.3) is 0 Å². The molecule has 17 heavy (non-hydrogen) atoms. The van der Waals surface area contributed by atoms with Crippen molar-refractivity contribution in [3.63, 3.8) is 0 Å². The molecule has 0 aliphatic rings. The van der Waals surface area contributed by atoms with Crippen LogP contribution >= 0.6 is 0 Å². The number of likely N-dealkylation sites (N-methyl/N-ethyl adjacent to an activating group) is 1. The number of carbonyl (C=O) groups is 1. The van der Waals surface area contributed by atoms with Crippen molar-refractivity contribution in [1.82, 2.24) is 10.2 Å². The molecule has 1 unspecified atom stereocenters. The van der Waals surface area contributed by atoms with Crippen molar-refractivity contribution in [2.24, 2.45) is 17.1 Å². The highest BCUT2D eigenvalue weighted by molar-refractivity contribution is 5.82. The third-order valence-corrected chi connectivity index (χ3v) is 3.13. The second-order valence-electron chi connectivity index (χ2n) is 6.36. The van der Waals surface area contributed by atoms with E-state index in [1.165, 1.54) is 0 Å². The zero-order chi connectivity index (χ0) is 13.8. The van der Waals surface area contributed by atoms with Crippen molar-refractivity contribution >= 4 is 5.91 Å². The van der Waals surface area contributed by atoms with Crippen LogP contribution in [-0.2, 0) is 4.79 Å². The van der Waals surface area contributed by atoms with E-state index in [1.807, 2.05) is 34.9 Å². The Morgan fingerprint density at radius 2 is 1.76 bits per heavy atom. The fraction of sp³-hybridized carbons (Fsp3) is 0.923. The van der Waals surface area contributed by atoms with Crippen LogP contribution in [0.3, 0.4) is 0 Å². The molecule has 0 aliphatic carbocycles. The van der Waals surface area contributed by atoms with E-state index in [2.05, 4.69) is 24.1 Å². The average Bonchev–Trinajstić information content (AvgIpc) is 2.13. The number of nitrogens with zero attached hydrogens (tertiary/aromatic N) is 1. The van der Waals surface area contributed by atoms with Gasteiger partial charge in [-0.25, -0.2) is 0 Å². The molecule has 2 atom stereocenters. The summed E-state index contributed by atoms with van der Waals surface area (Å²) in [5, 5.41) is 2.95. The maximum absolute atomic E-state index is 11.9. The van der Waals surface area contributed by atoms with Gasteiger partial charge in [-0.05, 0) is 25.4 Å². The van der Waals surface area contributed by atoms with Gasteiger partial charge in [0.1, 0.15) is 0 Å². The lowest BCUT2D eigenvalue weighted by Crippen LogP contribution is -2.52. The van der Waals surface area contributed by atoms with Crippen molar-refractivity contribution in [3.8, 4) is 0 Å². The Hall–Kier alpha value is -0.610.